The van der Waals surface area contributed by atoms with Gasteiger partial charge in [0.15, 0.2) is 0 Å². The van der Waals surface area contributed by atoms with E-state index in [1.165, 1.54) is 63.0 Å². The van der Waals surface area contributed by atoms with Crippen LogP contribution in [0.4, 0.5) is 5.69 Å². The molecule has 2 aliphatic heterocycles. The van der Waals surface area contributed by atoms with Crippen LogP contribution >= 0.6 is 0 Å². The Morgan fingerprint density at radius 1 is 0.968 bits per heavy atom. The van der Waals surface area contributed by atoms with Crippen molar-refractivity contribution in [3.05, 3.63) is 23.8 Å². The zero-order valence-corrected chi connectivity index (χ0v) is 20.6. The summed E-state index contributed by atoms with van der Waals surface area (Å²) in [6.45, 7) is 17.6. The minimum Gasteiger partial charge on any atom is -0.497 e. The van der Waals surface area contributed by atoms with Gasteiger partial charge in [0.25, 0.3) is 0 Å². The van der Waals surface area contributed by atoms with Crippen LogP contribution in [0.5, 0.6) is 5.75 Å². The van der Waals surface area contributed by atoms with E-state index in [1.807, 2.05) is 0 Å². The smallest absolute Gasteiger partial charge is 0.119 e. The first-order valence-electron chi connectivity index (χ1n) is 12.5. The molecule has 31 heavy (non-hydrogen) atoms. The van der Waals surface area contributed by atoms with Gasteiger partial charge in [-0.15, -0.1) is 0 Å². The highest BCUT2D eigenvalue weighted by Gasteiger charge is 2.40. The fraction of sp³-hybridized carbons (Fsp3) is 0.778. The van der Waals surface area contributed by atoms with Gasteiger partial charge in [0.05, 0.1) is 7.11 Å². The third kappa shape index (κ3) is 5.76. The first kappa shape index (κ1) is 22.9. The van der Waals surface area contributed by atoms with Gasteiger partial charge in [0.2, 0.25) is 0 Å². The van der Waals surface area contributed by atoms with E-state index < -0.39 is 0 Å². The molecule has 2 heterocycles. The van der Waals surface area contributed by atoms with Crippen molar-refractivity contribution in [1.29, 1.82) is 0 Å². The zero-order chi connectivity index (χ0) is 22.1. The van der Waals surface area contributed by atoms with Crippen LogP contribution in [-0.2, 0) is 4.74 Å². The van der Waals surface area contributed by atoms with Gasteiger partial charge in [-0.2, -0.15) is 0 Å². The molecule has 0 atom stereocenters. The van der Waals surface area contributed by atoms with Crippen LogP contribution in [-0.4, -0.2) is 57.9 Å². The molecule has 1 saturated carbocycles. The number of anilines is 1. The molecule has 2 saturated heterocycles. The predicted molar refractivity (Wildman–Crippen MR) is 129 cm³/mol. The highest BCUT2D eigenvalue weighted by atomic mass is 16.5. The molecular weight excluding hydrogens is 384 g/mol. The van der Waals surface area contributed by atoms with Crippen LogP contribution in [0.3, 0.4) is 0 Å². The average Bonchev–Trinajstić information content (AvgIpc) is 2.72. The summed E-state index contributed by atoms with van der Waals surface area (Å²) in [6, 6.07) is 6.83. The van der Waals surface area contributed by atoms with Gasteiger partial charge in [-0.05, 0) is 78.5 Å². The normalized spacial score (nSPS) is 25.5. The van der Waals surface area contributed by atoms with Crippen LogP contribution in [0.2, 0.25) is 0 Å². The minimum absolute atomic E-state index is 0.384. The molecule has 4 heteroatoms. The van der Waals surface area contributed by atoms with Gasteiger partial charge >= 0.3 is 0 Å². The van der Waals surface area contributed by atoms with E-state index in [9.17, 15) is 0 Å². The number of ether oxygens (including phenoxy) is 2. The molecule has 0 N–H and O–H groups in total. The summed E-state index contributed by atoms with van der Waals surface area (Å²) >= 11 is 0. The Balaban J connectivity index is 1.48. The molecule has 0 aromatic heterocycles. The van der Waals surface area contributed by atoms with Gasteiger partial charge in [-0.25, -0.2) is 0 Å². The molecule has 0 bridgehead atoms. The van der Waals surface area contributed by atoms with E-state index in [-0.39, 0.29) is 0 Å². The number of hydrogen-bond donors (Lipinski definition) is 0. The van der Waals surface area contributed by atoms with E-state index >= 15 is 0 Å². The fourth-order valence-electron chi connectivity index (χ4n) is 6.81. The fourth-order valence-corrected chi connectivity index (χ4v) is 6.81. The number of nitrogens with zero attached hydrogens (tertiary/aromatic N) is 2. The lowest BCUT2D eigenvalue weighted by Gasteiger charge is -2.46. The third-order valence-corrected chi connectivity index (χ3v) is 7.80. The van der Waals surface area contributed by atoms with Crippen LogP contribution in [0.15, 0.2) is 18.2 Å². The van der Waals surface area contributed by atoms with Crippen LogP contribution in [0.1, 0.15) is 71.3 Å². The molecule has 3 fully saturated rings. The molecule has 4 nitrogen and oxygen atoms in total. The second-order valence-electron chi connectivity index (χ2n) is 11.9. The van der Waals surface area contributed by atoms with Crippen molar-refractivity contribution in [2.45, 2.75) is 65.7 Å². The van der Waals surface area contributed by atoms with Gasteiger partial charge < -0.3 is 14.4 Å². The summed E-state index contributed by atoms with van der Waals surface area (Å²) in [4.78, 5) is 5.33. The van der Waals surface area contributed by atoms with Crippen LogP contribution in [0.25, 0.3) is 0 Å². The molecule has 0 amide bonds. The van der Waals surface area contributed by atoms with E-state index in [1.54, 1.807) is 7.11 Å². The highest BCUT2D eigenvalue weighted by Crippen LogP contribution is 2.53. The van der Waals surface area contributed by atoms with Crippen molar-refractivity contribution >= 4 is 5.69 Å². The lowest BCUT2D eigenvalue weighted by atomic mass is 9.60. The van der Waals surface area contributed by atoms with Gasteiger partial charge in [-0.3, -0.25) is 4.90 Å². The van der Waals surface area contributed by atoms with Crippen molar-refractivity contribution in [1.82, 2.24) is 4.90 Å². The monoisotopic (exact) mass is 428 g/mol. The quantitative estimate of drug-likeness (QED) is 0.613. The molecule has 1 aromatic carbocycles. The van der Waals surface area contributed by atoms with Crippen molar-refractivity contribution in [2.75, 3.05) is 57.9 Å². The number of piperazine rings is 1. The van der Waals surface area contributed by atoms with Crippen molar-refractivity contribution in [3.8, 4) is 5.75 Å². The summed E-state index contributed by atoms with van der Waals surface area (Å²) in [5, 5.41) is 0. The Hall–Kier alpha value is -1.26. The Morgan fingerprint density at radius 2 is 1.61 bits per heavy atom. The van der Waals surface area contributed by atoms with Gasteiger partial charge in [-0.1, -0.05) is 27.7 Å². The molecule has 0 unspecified atom stereocenters. The van der Waals surface area contributed by atoms with Gasteiger partial charge in [0, 0.05) is 51.6 Å². The van der Waals surface area contributed by atoms with E-state index in [2.05, 4.69) is 55.7 Å². The Labute approximate surface area is 190 Å². The van der Waals surface area contributed by atoms with E-state index in [0.717, 1.165) is 38.0 Å². The maximum atomic E-state index is 5.66. The summed E-state index contributed by atoms with van der Waals surface area (Å²) in [5.41, 5.74) is 3.73. The number of rotatable bonds is 5. The van der Waals surface area contributed by atoms with Crippen molar-refractivity contribution < 1.29 is 9.47 Å². The molecule has 3 aliphatic rings. The number of methoxy groups -OCH3 is 1. The SMILES string of the molecule is COc1ccc(N2CCN(CC3CCOCC3)CC2)c(C2CC(C)(C)CC(C)(C)C2)c1. The van der Waals surface area contributed by atoms with Crippen LogP contribution < -0.4 is 9.64 Å². The number of benzene rings is 1. The molecule has 4 rings (SSSR count). The van der Waals surface area contributed by atoms with E-state index in [4.69, 9.17) is 9.47 Å². The zero-order valence-electron chi connectivity index (χ0n) is 20.6. The maximum Gasteiger partial charge on any atom is 0.119 e. The first-order chi connectivity index (χ1) is 14.7. The molecule has 174 valence electrons. The Bertz CT molecular complexity index is 715. The predicted octanol–water partition coefficient (Wildman–Crippen LogP) is 5.56. The second kappa shape index (κ2) is 9.31. The van der Waals surface area contributed by atoms with Crippen molar-refractivity contribution in [3.63, 3.8) is 0 Å². The third-order valence-electron chi connectivity index (χ3n) is 7.80. The second-order valence-corrected chi connectivity index (χ2v) is 11.9. The number of hydrogen-bond acceptors (Lipinski definition) is 4. The molecule has 0 radical (unpaired) electrons. The topological polar surface area (TPSA) is 24.9 Å². The van der Waals surface area contributed by atoms with Crippen molar-refractivity contribution in [2.24, 2.45) is 16.7 Å². The largest absolute Gasteiger partial charge is 0.497 e. The molecule has 1 aliphatic carbocycles. The standard InChI is InChI=1S/C27H44N2O2/c1-26(2)17-22(18-27(3,4)20-26)24-16-23(30-5)6-7-25(24)29-12-10-28(11-13-29)19-21-8-14-31-15-9-21/h6-7,16,21-22H,8-15,17-20H2,1-5H3. The molecular formula is C27H44N2O2. The Morgan fingerprint density at radius 3 is 2.23 bits per heavy atom. The summed E-state index contributed by atoms with van der Waals surface area (Å²) < 4.78 is 11.2. The molecule has 1 aromatic rings. The maximum absolute atomic E-state index is 5.66. The summed E-state index contributed by atoms with van der Waals surface area (Å²) in [7, 11) is 1.79. The lowest BCUT2D eigenvalue weighted by molar-refractivity contribution is 0.0517. The minimum atomic E-state index is 0.384. The first-order valence-corrected chi connectivity index (χ1v) is 12.5. The summed E-state index contributed by atoms with van der Waals surface area (Å²) in [5.74, 6) is 2.42. The van der Waals surface area contributed by atoms with Gasteiger partial charge in [0.1, 0.15) is 5.75 Å². The van der Waals surface area contributed by atoms with Crippen LogP contribution in [0, 0.1) is 16.7 Å². The summed E-state index contributed by atoms with van der Waals surface area (Å²) in [6.07, 6.45) is 6.30. The highest BCUT2D eigenvalue weighted by molar-refractivity contribution is 5.58. The lowest BCUT2D eigenvalue weighted by Crippen LogP contribution is -2.48. The molecule has 0 spiro atoms. The average molecular weight is 429 g/mol. The van der Waals surface area contributed by atoms with E-state index in [0.29, 0.717) is 16.7 Å². The Kier molecular flexibility index (Phi) is 6.88.